The molecule has 0 fully saturated rings. The van der Waals surface area contributed by atoms with Crippen LogP contribution in [0.5, 0.6) is 0 Å². The zero-order valence-corrected chi connectivity index (χ0v) is 7.64. The Balaban J connectivity index is 1.96. The third-order valence-corrected chi connectivity index (χ3v) is 1.79. The Morgan fingerprint density at radius 1 is 1.21 bits per heavy atom. The molecule has 1 N–H and O–H groups in total. The molecular formula is C11H10N3. The normalized spacial score (nSPS) is 9.71. The minimum atomic E-state index is 0.692. The Hall–Kier alpha value is -1.90. The molecule has 14 heavy (non-hydrogen) atoms. The van der Waals surface area contributed by atoms with Gasteiger partial charge < -0.3 is 5.32 Å². The molecule has 0 unspecified atom stereocenters. The monoisotopic (exact) mass is 184 g/mol. The molecule has 0 aliphatic carbocycles. The lowest BCUT2D eigenvalue weighted by Gasteiger charge is -2.03. The molecule has 2 rings (SSSR count). The third-order valence-electron chi connectivity index (χ3n) is 1.79. The van der Waals surface area contributed by atoms with Gasteiger partial charge in [-0.05, 0) is 24.3 Å². The summed E-state index contributed by atoms with van der Waals surface area (Å²) in [4.78, 5) is 8.30. The molecule has 1 radical (unpaired) electrons. The maximum absolute atomic E-state index is 4.20. The van der Waals surface area contributed by atoms with Crippen molar-refractivity contribution in [3.63, 3.8) is 0 Å². The second kappa shape index (κ2) is 4.37. The summed E-state index contributed by atoms with van der Waals surface area (Å²) in [6.07, 6.45) is 3.42. The number of pyridine rings is 2. The van der Waals surface area contributed by atoms with Gasteiger partial charge in [0.05, 0.1) is 12.2 Å². The van der Waals surface area contributed by atoms with Gasteiger partial charge in [-0.3, -0.25) is 4.98 Å². The number of nitrogens with zero attached hydrogens (tertiary/aromatic N) is 2. The van der Waals surface area contributed by atoms with E-state index in [4.69, 9.17) is 0 Å². The largest absolute Gasteiger partial charge is 0.364 e. The fraction of sp³-hybridized carbons (Fsp3) is 0.0909. The summed E-state index contributed by atoms with van der Waals surface area (Å²) >= 11 is 0. The fourth-order valence-electron chi connectivity index (χ4n) is 1.11. The lowest BCUT2D eigenvalue weighted by molar-refractivity contribution is 1.03. The van der Waals surface area contributed by atoms with Gasteiger partial charge >= 0.3 is 0 Å². The quantitative estimate of drug-likeness (QED) is 0.791. The molecule has 3 nitrogen and oxygen atoms in total. The number of hydrogen-bond donors (Lipinski definition) is 1. The van der Waals surface area contributed by atoms with Crippen LogP contribution in [0.25, 0.3) is 0 Å². The van der Waals surface area contributed by atoms with Crippen LogP contribution in [0.1, 0.15) is 5.69 Å². The van der Waals surface area contributed by atoms with Crippen molar-refractivity contribution >= 4 is 5.82 Å². The SMILES string of the molecule is [c]1ccc(NCc2ccccn2)nc1. The van der Waals surface area contributed by atoms with Crippen molar-refractivity contribution in [1.29, 1.82) is 0 Å². The van der Waals surface area contributed by atoms with Gasteiger partial charge in [-0.15, -0.1) is 0 Å². The first-order chi connectivity index (χ1) is 6.95. The van der Waals surface area contributed by atoms with Crippen LogP contribution in [0.4, 0.5) is 5.82 Å². The predicted octanol–water partition coefficient (Wildman–Crippen LogP) is 1.89. The standard InChI is InChI=1S/C11H10N3/c1-3-7-12-10(5-1)9-14-11-6-2-4-8-13-11/h1-3,5-8H,9H2,(H,13,14). The van der Waals surface area contributed by atoms with Crippen molar-refractivity contribution in [1.82, 2.24) is 9.97 Å². The molecule has 0 aliphatic heterocycles. The highest BCUT2D eigenvalue weighted by atomic mass is 15.0. The number of nitrogens with one attached hydrogen (secondary N) is 1. The smallest absolute Gasteiger partial charge is 0.126 e. The maximum atomic E-state index is 4.20. The highest BCUT2D eigenvalue weighted by molar-refractivity contribution is 5.33. The van der Waals surface area contributed by atoms with E-state index in [1.165, 1.54) is 0 Å². The fourth-order valence-corrected chi connectivity index (χ4v) is 1.11. The predicted molar refractivity (Wildman–Crippen MR) is 54.6 cm³/mol. The van der Waals surface area contributed by atoms with Crippen molar-refractivity contribution in [3.8, 4) is 0 Å². The summed E-state index contributed by atoms with van der Waals surface area (Å²) in [5, 5.41) is 3.17. The van der Waals surface area contributed by atoms with Gasteiger partial charge in [0.15, 0.2) is 0 Å². The Kier molecular flexibility index (Phi) is 2.71. The van der Waals surface area contributed by atoms with Crippen LogP contribution in [-0.4, -0.2) is 9.97 Å². The van der Waals surface area contributed by atoms with Gasteiger partial charge in [0.25, 0.3) is 0 Å². The van der Waals surface area contributed by atoms with Crippen LogP contribution in [-0.2, 0) is 6.54 Å². The second-order valence-electron chi connectivity index (χ2n) is 2.82. The molecule has 0 bridgehead atoms. The number of anilines is 1. The van der Waals surface area contributed by atoms with E-state index in [0.29, 0.717) is 6.54 Å². The summed E-state index contributed by atoms with van der Waals surface area (Å²) in [6, 6.07) is 12.4. The van der Waals surface area contributed by atoms with E-state index in [2.05, 4.69) is 21.4 Å². The Labute approximate surface area is 82.8 Å². The van der Waals surface area contributed by atoms with Gasteiger partial charge in [-0.2, -0.15) is 0 Å². The first-order valence-electron chi connectivity index (χ1n) is 4.41. The van der Waals surface area contributed by atoms with Crippen LogP contribution in [0.2, 0.25) is 0 Å². The van der Waals surface area contributed by atoms with Crippen molar-refractivity contribution in [2.75, 3.05) is 5.32 Å². The van der Waals surface area contributed by atoms with Gasteiger partial charge in [0.1, 0.15) is 5.82 Å². The summed E-state index contributed by atoms with van der Waals surface area (Å²) < 4.78 is 0. The van der Waals surface area contributed by atoms with Crippen molar-refractivity contribution < 1.29 is 0 Å². The molecule has 0 saturated heterocycles. The Bertz CT molecular complexity index is 333. The van der Waals surface area contributed by atoms with Crippen LogP contribution in [0, 0.1) is 6.07 Å². The topological polar surface area (TPSA) is 37.8 Å². The zero-order chi connectivity index (χ0) is 9.64. The molecule has 0 atom stereocenters. The number of rotatable bonds is 3. The summed E-state index contributed by atoms with van der Waals surface area (Å²) in [5.74, 6) is 0.842. The van der Waals surface area contributed by atoms with E-state index in [1.807, 2.05) is 30.3 Å². The number of hydrogen-bond acceptors (Lipinski definition) is 3. The van der Waals surface area contributed by atoms with Crippen LogP contribution in [0.3, 0.4) is 0 Å². The average molecular weight is 184 g/mol. The lowest BCUT2D eigenvalue weighted by atomic mass is 10.3. The van der Waals surface area contributed by atoms with E-state index in [-0.39, 0.29) is 0 Å². The van der Waals surface area contributed by atoms with Crippen molar-refractivity contribution in [2.24, 2.45) is 0 Å². The van der Waals surface area contributed by atoms with E-state index >= 15 is 0 Å². The highest BCUT2D eigenvalue weighted by Crippen LogP contribution is 2.02. The molecule has 0 spiro atoms. The minimum Gasteiger partial charge on any atom is -0.364 e. The molecule has 2 aromatic heterocycles. The molecule has 3 heteroatoms. The molecule has 2 aromatic rings. The number of aromatic nitrogens is 2. The first kappa shape index (κ1) is 8.69. The second-order valence-corrected chi connectivity index (χ2v) is 2.82. The van der Waals surface area contributed by atoms with Crippen LogP contribution >= 0.6 is 0 Å². The zero-order valence-electron chi connectivity index (χ0n) is 7.64. The molecule has 0 aromatic carbocycles. The summed E-state index contributed by atoms with van der Waals surface area (Å²) in [6.45, 7) is 0.692. The van der Waals surface area contributed by atoms with Gasteiger partial charge in [0.2, 0.25) is 0 Å². The van der Waals surface area contributed by atoms with Gasteiger partial charge in [-0.25, -0.2) is 4.98 Å². The van der Waals surface area contributed by atoms with E-state index < -0.39 is 0 Å². The van der Waals surface area contributed by atoms with Crippen LogP contribution < -0.4 is 5.32 Å². The van der Waals surface area contributed by atoms with E-state index in [1.54, 1.807) is 12.4 Å². The van der Waals surface area contributed by atoms with E-state index in [0.717, 1.165) is 11.5 Å². The van der Waals surface area contributed by atoms with Crippen molar-refractivity contribution in [3.05, 3.63) is 54.5 Å². The summed E-state index contributed by atoms with van der Waals surface area (Å²) in [5.41, 5.74) is 1.00. The van der Waals surface area contributed by atoms with Crippen molar-refractivity contribution in [2.45, 2.75) is 6.54 Å². The van der Waals surface area contributed by atoms with Crippen LogP contribution in [0.15, 0.2) is 42.7 Å². The Morgan fingerprint density at radius 2 is 2.21 bits per heavy atom. The maximum Gasteiger partial charge on any atom is 0.126 e. The minimum absolute atomic E-state index is 0.692. The average Bonchev–Trinajstić information content (AvgIpc) is 2.29. The van der Waals surface area contributed by atoms with Gasteiger partial charge in [-0.1, -0.05) is 6.07 Å². The molecule has 0 aliphatic rings. The lowest BCUT2D eigenvalue weighted by Crippen LogP contribution is -2.02. The molecule has 0 saturated carbocycles. The highest BCUT2D eigenvalue weighted by Gasteiger charge is 1.93. The molecule has 0 amide bonds. The molecular weight excluding hydrogens is 174 g/mol. The Morgan fingerprint density at radius 3 is 2.93 bits per heavy atom. The molecule has 2 heterocycles. The van der Waals surface area contributed by atoms with E-state index in [9.17, 15) is 0 Å². The first-order valence-corrected chi connectivity index (χ1v) is 4.41. The van der Waals surface area contributed by atoms with Gasteiger partial charge in [0, 0.05) is 18.5 Å². The third kappa shape index (κ3) is 2.29. The molecule has 69 valence electrons. The summed E-state index contributed by atoms with van der Waals surface area (Å²) in [7, 11) is 0.